The Balaban J connectivity index is 1.95. The third-order valence-corrected chi connectivity index (χ3v) is 7.36. The van der Waals surface area contributed by atoms with Crippen LogP contribution in [0.25, 0.3) is 0 Å². The zero-order valence-electron chi connectivity index (χ0n) is 20.2. The van der Waals surface area contributed by atoms with Gasteiger partial charge in [0.2, 0.25) is 0 Å². The number of nitrogens with one attached hydrogen (secondary N) is 3. The van der Waals surface area contributed by atoms with Crippen molar-refractivity contribution >= 4 is 27.3 Å². The number of hydrogen-bond acceptors (Lipinski definition) is 5. The lowest BCUT2D eigenvalue weighted by Crippen LogP contribution is -2.43. The molecule has 0 aromatic heterocycles. The van der Waals surface area contributed by atoms with E-state index in [1.54, 1.807) is 24.3 Å². The van der Waals surface area contributed by atoms with Crippen molar-refractivity contribution in [1.82, 2.24) is 10.6 Å². The number of anilines is 2. The number of piperazine rings is 1. The highest BCUT2D eigenvalue weighted by atomic mass is 32.2. The van der Waals surface area contributed by atoms with Crippen LogP contribution < -0.4 is 20.3 Å². The predicted molar refractivity (Wildman–Crippen MR) is 135 cm³/mol. The highest BCUT2D eigenvalue weighted by Gasteiger charge is 2.22. The van der Waals surface area contributed by atoms with Crippen molar-refractivity contribution in [2.75, 3.05) is 35.8 Å². The van der Waals surface area contributed by atoms with Crippen LogP contribution in [-0.4, -0.2) is 46.5 Å². The second-order valence-corrected chi connectivity index (χ2v) is 11.3. The Bertz CT molecular complexity index is 1070. The minimum Gasteiger partial charge on any atom is -0.367 e. The third-order valence-electron chi connectivity index (χ3n) is 5.98. The van der Waals surface area contributed by atoms with Crippen LogP contribution >= 0.6 is 0 Å². The van der Waals surface area contributed by atoms with Crippen molar-refractivity contribution in [3.63, 3.8) is 0 Å². The Hall–Kier alpha value is -2.58. The van der Waals surface area contributed by atoms with Crippen molar-refractivity contribution in [3.05, 3.63) is 53.6 Å². The maximum atomic E-state index is 13.3. The second kappa shape index (κ2) is 10.1. The van der Waals surface area contributed by atoms with Gasteiger partial charge in [-0.25, -0.2) is 8.42 Å². The van der Waals surface area contributed by atoms with E-state index in [4.69, 9.17) is 0 Å². The summed E-state index contributed by atoms with van der Waals surface area (Å²) < 4.78 is 29.3. The molecule has 1 aliphatic rings. The van der Waals surface area contributed by atoms with Gasteiger partial charge >= 0.3 is 0 Å². The van der Waals surface area contributed by atoms with E-state index < -0.39 is 10.0 Å². The van der Waals surface area contributed by atoms with E-state index in [9.17, 15) is 13.2 Å². The summed E-state index contributed by atoms with van der Waals surface area (Å²) in [4.78, 5) is 15.0. The van der Waals surface area contributed by atoms with E-state index in [2.05, 4.69) is 41.0 Å². The lowest BCUT2D eigenvalue weighted by Gasteiger charge is -2.31. The van der Waals surface area contributed by atoms with Gasteiger partial charge in [0.1, 0.15) is 0 Å². The Labute approximate surface area is 198 Å². The number of hydrogen-bond donors (Lipinski definition) is 3. The molecule has 0 aliphatic carbocycles. The fraction of sp³-hybridized carbons (Fsp3) is 0.480. The van der Waals surface area contributed by atoms with Crippen LogP contribution in [0, 0.1) is 0 Å². The average Bonchev–Trinajstić information content (AvgIpc) is 2.78. The van der Waals surface area contributed by atoms with Crippen molar-refractivity contribution in [1.29, 1.82) is 0 Å². The van der Waals surface area contributed by atoms with Gasteiger partial charge < -0.3 is 15.5 Å². The fourth-order valence-electron chi connectivity index (χ4n) is 3.69. The zero-order valence-corrected chi connectivity index (χ0v) is 21.1. The SMILES string of the molecule is CCC(C)NC(=O)c1ccc(N2CCNCC2)c(NS(=O)(=O)c2ccc(C(C)(C)C)cc2)c1. The quantitative estimate of drug-likeness (QED) is 0.571. The zero-order chi connectivity index (χ0) is 24.2. The molecule has 1 aliphatic heterocycles. The molecular formula is C25H36N4O3S. The van der Waals surface area contributed by atoms with Gasteiger partial charge in [-0.3, -0.25) is 9.52 Å². The standard InChI is InChI=1S/C25H36N4O3S/c1-6-18(2)27-24(30)19-7-12-23(29-15-13-26-14-16-29)22(17-19)28-33(31,32)21-10-8-20(9-11-21)25(3,4)5/h7-12,17-18,26,28H,6,13-16H2,1-5H3,(H,27,30). The molecule has 2 aromatic carbocycles. The lowest BCUT2D eigenvalue weighted by atomic mass is 9.87. The summed E-state index contributed by atoms with van der Waals surface area (Å²) in [5, 5.41) is 6.26. The number of amides is 1. The first-order valence-electron chi connectivity index (χ1n) is 11.5. The van der Waals surface area contributed by atoms with Crippen LogP contribution in [0.3, 0.4) is 0 Å². The van der Waals surface area contributed by atoms with E-state index >= 15 is 0 Å². The third kappa shape index (κ3) is 6.26. The highest BCUT2D eigenvalue weighted by molar-refractivity contribution is 7.92. The minimum atomic E-state index is -3.83. The molecule has 1 fully saturated rings. The molecule has 0 spiro atoms. The number of benzene rings is 2. The van der Waals surface area contributed by atoms with Gasteiger partial charge in [0.25, 0.3) is 15.9 Å². The van der Waals surface area contributed by atoms with Crippen molar-refractivity contribution in [2.45, 2.75) is 57.4 Å². The summed E-state index contributed by atoms with van der Waals surface area (Å²) in [5.74, 6) is -0.216. The number of carbonyl (C=O) groups excluding carboxylic acids is 1. The predicted octanol–water partition coefficient (Wildman–Crippen LogP) is 3.72. The van der Waals surface area contributed by atoms with Gasteiger partial charge in [0.15, 0.2) is 0 Å². The molecule has 33 heavy (non-hydrogen) atoms. The summed E-state index contributed by atoms with van der Waals surface area (Å²) in [6.07, 6.45) is 0.814. The van der Waals surface area contributed by atoms with Gasteiger partial charge in [0.05, 0.1) is 16.3 Å². The molecular weight excluding hydrogens is 436 g/mol. The maximum Gasteiger partial charge on any atom is 0.261 e. The smallest absolute Gasteiger partial charge is 0.261 e. The molecule has 1 saturated heterocycles. The molecule has 3 N–H and O–H groups in total. The van der Waals surface area contributed by atoms with Crippen LogP contribution in [0.5, 0.6) is 0 Å². The molecule has 1 amide bonds. The van der Waals surface area contributed by atoms with E-state index in [0.29, 0.717) is 11.3 Å². The van der Waals surface area contributed by atoms with Crippen LogP contribution in [0.1, 0.15) is 57.0 Å². The Morgan fingerprint density at radius 2 is 1.73 bits per heavy atom. The summed E-state index contributed by atoms with van der Waals surface area (Å²) in [6, 6.07) is 12.2. The summed E-state index contributed by atoms with van der Waals surface area (Å²) in [7, 11) is -3.83. The molecule has 1 unspecified atom stereocenters. The number of rotatable bonds is 7. The van der Waals surface area contributed by atoms with E-state index in [-0.39, 0.29) is 22.3 Å². The molecule has 3 rings (SSSR count). The van der Waals surface area contributed by atoms with Crippen molar-refractivity contribution in [2.24, 2.45) is 0 Å². The Morgan fingerprint density at radius 1 is 1.09 bits per heavy atom. The van der Waals surface area contributed by atoms with Crippen LogP contribution in [0.4, 0.5) is 11.4 Å². The summed E-state index contributed by atoms with van der Waals surface area (Å²) in [5.41, 5.74) is 2.60. The van der Waals surface area contributed by atoms with E-state index in [0.717, 1.165) is 43.9 Å². The molecule has 0 bridgehead atoms. The largest absolute Gasteiger partial charge is 0.367 e. The molecule has 0 saturated carbocycles. The molecule has 1 heterocycles. The van der Waals surface area contributed by atoms with Crippen LogP contribution in [0.15, 0.2) is 47.4 Å². The van der Waals surface area contributed by atoms with Gasteiger partial charge in [-0.2, -0.15) is 0 Å². The summed E-state index contributed by atoms with van der Waals surface area (Å²) in [6.45, 7) is 13.4. The second-order valence-electron chi connectivity index (χ2n) is 9.63. The lowest BCUT2D eigenvalue weighted by molar-refractivity contribution is 0.0939. The van der Waals surface area contributed by atoms with Crippen molar-refractivity contribution in [3.8, 4) is 0 Å². The van der Waals surface area contributed by atoms with E-state index in [1.165, 1.54) is 0 Å². The highest BCUT2D eigenvalue weighted by Crippen LogP contribution is 2.31. The average molecular weight is 473 g/mol. The van der Waals surface area contributed by atoms with Gasteiger partial charge in [-0.15, -0.1) is 0 Å². The van der Waals surface area contributed by atoms with Crippen molar-refractivity contribution < 1.29 is 13.2 Å². The molecule has 180 valence electrons. The first kappa shape index (κ1) is 25.1. The first-order chi connectivity index (χ1) is 15.5. The maximum absolute atomic E-state index is 13.3. The summed E-state index contributed by atoms with van der Waals surface area (Å²) >= 11 is 0. The molecule has 2 aromatic rings. The topological polar surface area (TPSA) is 90.5 Å². The molecule has 8 heteroatoms. The minimum absolute atomic E-state index is 0.0341. The molecule has 7 nitrogen and oxygen atoms in total. The normalized spacial score (nSPS) is 15.7. The fourth-order valence-corrected chi connectivity index (χ4v) is 4.75. The molecule has 1 atom stereocenters. The Kier molecular flexibility index (Phi) is 7.69. The monoisotopic (exact) mass is 472 g/mol. The number of nitrogens with zero attached hydrogens (tertiary/aromatic N) is 1. The molecule has 0 radical (unpaired) electrons. The van der Waals surface area contributed by atoms with Gasteiger partial charge in [-0.05, 0) is 54.7 Å². The first-order valence-corrected chi connectivity index (χ1v) is 13.0. The van der Waals surface area contributed by atoms with Gasteiger partial charge in [-0.1, -0.05) is 39.8 Å². The van der Waals surface area contributed by atoms with Crippen LogP contribution in [-0.2, 0) is 15.4 Å². The number of carbonyl (C=O) groups is 1. The number of sulfonamides is 1. The Morgan fingerprint density at radius 3 is 2.30 bits per heavy atom. The van der Waals surface area contributed by atoms with Gasteiger partial charge in [0, 0.05) is 37.8 Å². The van der Waals surface area contributed by atoms with Crippen LogP contribution in [0.2, 0.25) is 0 Å². The van der Waals surface area contributed by atoms with E-state index in [1.807, 2.05) is 32.0 Å².